The molecule has 5 rings (SSSR count). The fraction of sp³-hybridized carbons (Fsp3) is 0.304. The van der Waals surface area contributed by atoms with Gasteiger partial charge in [-0.05, 0) is 38.1 Å². The summed E-state index contributed by atoms with van der Waals surface area (Å²) in [5.41, 5.74) is 2.77. The lowest BCUT2D eigenvalue weighted by Gasteiger charge is -2.26. The van der Waals surface area contributed by atoms with Crippen molar-refractivity contribution in [3.63, 3.8) is 0 Å². The quantitative estimate of drug-likeness (QED) is 0.655. The van der Waals surface area contributed by atoms with Gasteiger partial charge in [-0.1, -0.05) is 36.8 Å². The van der Waals surface area contributed by atoms with E-state index in [-0.39, 0.29) is 10.8 Å². The van der Waals surface area contributed by atoms with Crippen LogP contribution in [0.4, 0.5) is 5.69 Å². The average molecular weight is 437 g/mol. The first-order valence-electron chi connectivity index (χ1n) is 10.6. The van der Waals surface area contributed by atoms with E-state index < -0.39 is 10.0 Å². The second-order valence-electron chi connectivity index (χ2n) is 8.00. The highest BCUT2D eigenvalue weighted by atomic mass is 32.2. The van der Waals surface area contributed by atoms with Gasteiger partial charge in [0, 0.05) is 35.8 Å². The van der Waals surface area contributed by atoms with Gasteiger partial charge < -0.3 is 10.2 Å². The topological polar surface area (TPSA) is 91.4 Å². The Kier molecular flexibility index (Phi) is 5.11. The molecule has 3 aromatic rings. The number of carbonyl (C=O) groups is 1. The Hall–Kier alpha value is -2.97. The van der Waals surface area contributed by atoms with Crippen molar-refractivity contribution in [3.05, 3.63) is 54.2 Å². The minimum Gasteiger partial charge on any atom is -0.351 e. The number of hydrogen-bond acceptors (Lipinski definition) is 5. The lowest BCUT2D eigenvalue weighted by Crippen LogP contribution is -2.37. The molecule has 7 nitrogen and oxygen atoms in total. The molecule has 0 spiro atoms. The Morgan fingerprint density at radius 2 is 1.84 bits per heavy atom. The molecule has 1 aromatic heterocycles. The molecule has 0 saturated carbocycles. The molecule has 8 heteroatoms. The molecule has 31 heavy (non-hydrogen) atoms. The number of carbonyl (C=O) groups excluding carboxylic acids is 1. The van der Waals surface area contributed by atoms with E-state index >= 15 is 0 Å². The predicted molar refractivity (Wildman–Crippen MR) is 121 cm³/mol. The third-order valence-electron chi connectivity index (χ3n) is 6.02. The second kappa shape index (κ2) is 7.94. The summed E-state index contributed by atoms with van der Waals surface area (Å²) in [6.45, 7) is 3.58. The van der Waals surface area contributed by atoms with Gasteiger partial charge in [0.2, 0.25) is 0 Å². The van der Waals surface area contributed by atoms with Crippen LogP contribution in [0.5, 0.6) is 0 Å². The monoisotopic (exact) mass is 436 g/mol. The van der Waals surface area contributed by atoms with Gasteiger partial charge in [0.05, 0.1) is 21.7 Å². The van der Waals surface area contributed by atoms with Crippen molar-refractivity contribution >= 4 is 32.5 Å². The van der Waals surface area contributed by atoms with Crippen LogP contribution in [-0.2, 0) is 10.0 Å². The first-order chi connectivity index (χ1) is 15.0. The normalized spacial score (nSPS) is 17.4. The van der Waals surface area contributed by atoms with Crippen molar-refractivity contribution in [2.75, 3.05) is 30.9 Å². The minimum atomic E-state index is -3.70. The molecule has 160 valence electrons. The molecule has 3 heterocycles. The molecule has 0 aliphatic carbocycles. The molecule has 1 fully saturated rings. The van der Waals surface area contributed by atoms with Crippen LogP contribution in [0.2, 0.25) is 0 Å². The minimum absolute atomic E-state index is 0.177. The number of sulfonamides is 1. The van der Waals surface area contributed by atoms with Crippen LogP contribution >= 0.6 is 0 Å². The van der Waals surface area contributed by atoms with Gasteiger partial charge in [0.1, 0.15) is 0 Å². The number of benzene rings is 2. The van der Waals surface area contributed by atoms with Crippen molar-refractivity contribution in [1.82, 2.24) is 15.2 Å². The van der Waals surface area contributed by atoms with Gasteiger partial charge in [-0.25, -0.2) is 8.42 Å². The third-order valence-corrected chi connectivity index (χ3v) is 7.43. The Labute approximate surface area is 181 Å². The average Bonchev–Trinajstić information content (AvgIpc) is 2.79. The fourth-order valence-corrected chi connectivity index (χ4v) is 5.77. The standard InChI is InChI=1S/C23H24N4O3S/c28-23(25-12-15-27-13-4-1-5-14-27)19-10-11-24-21-18(19)9-8-17-16-6-2-3-7-20(16)31(29,30)26-22(17)21/h2-3,6-11,26H,1,4-5,12-15H2,(H,25,28). The molecule has 0 unspecified atom stereocenters. The summed E-state index contributed by atoms with van der Waals surface area (Å²) in [4.78, 5) is 19.9. The number of rotatable bonds is 4. The molecule has 2 aliphatic heterocycles. The van der Waals surface area contributed by atoms with Gasteiger partial charge in [-0.3, -0.25) is 14.5 Å². The van der Waals surface area contributed by atoms with Crippen LogP contribution in [0.3, 0.4) is 0 Å². The highest BCUT2D eigenvalue weighted by Crippen LogP contribution is 2.42. The van der Waals surface area contributed by atoms with Crippen LogP contribution in [0.1, 0.15) is 29.6 Å². The van der Waals surface area contributed by atoms with Gasteiger partial charge in [-0.2, -0.15) is 0 Å². The molecule has 1 saturated heterocycles. The van der Waals surface area contributed by atoms with E-state index in [0.717, 1.165) is 25.2 Å². The maximum absolute atomic E-state index is 12.9. The number of hydrogen-bond donors (Lipinski definition) is 2. The summed E-state index contributed by atoms with van der Waals surface area (Å²) < 4.78 is 28.2. The van der Waals surface area contributed by atoms with E-state index in [0.29, 0.717) is 34.3 Å². The maximum Gasteiger partial charge on any atom is 0.262 e. The van der Waals surface area contributed by atoms with E-state index in [1.165, 1.54) is 19.3 Å². The highest BCUT2D eigenvalue weighted by molar-refractivity contribution is 7.93. The predicted octanol–water partition coefficient (Wildman–Crippen LogP) is 3.23. The summed E-state index contributed by atoms with van der Waals surface area (Å²) in [7, 11) is -3.70. The van der Waals surface area contributed by atoms with Gasteiger partial charge in [0.25, 0.3) is 15.9 Å². The molecule has 2 N–H and O–H groups in total. The summed E-state index contributed by atoms with van der Waals surface area (Å²) in [6, 6.07) is 12.3. The number of piperidine rings is 1. The molecule has 2 aromatic carbocycles. The zero-order valence-corrected chi connectivity index (χ0v) is 17.9. The second-order valence-corrected chi connectivity index (χ2v) is 9.65. The maximum atomic E-state index is 12.9. The SMILES string of the molecule is O=C(NCCN1CCCCC1)c1ccnc2c3c(ccc12)-c1ccccc1S(=O)(=O)N3. The summed E-state index contributed by atoms with van der Waals surface area (Å²) in [5, 5.41) is 3.63. The van der Waals surface area contributed by atoms with E-state index in [2.05, 4.69) is 19.9 Å². The molecule has 0 bridgehead atoms. The molecule has 0 atom stereocenters. The Bertz CT molecular complexity index is 1270. The van der Waals surface area contributed by atoms with Gasteiger partial charge >= 0.3 is 0 Å². The van der Waals surface area contributed by atoms with Crippen LogP contribution in [0.25, 0.3) is 22.0 Å². The molecular weight excluding hydrogens is 412 g/mol. The first-order valence-corrected chi connectivity index (χ1v) is 12.1. The summed E-state index contributed by atoms with van der Waals surface area (Å²) >= 11 is 0. The van der Waals surface area contributed by atoms with E-state index in [1.807, 2.05) is 18.2 Å². The lowest BCUT2D eigenvalue weighted by molar-refractivity contribution is 0.0948. The molecule has 1 amide bonds. The van der Waals surface area contributed by atoms with E-state index in [1.54, 1.807) is 30.5 Å². The Balaban J connectivity index is 1.47. The zero-order chi connectivity index (χ0) is 21.4. The number of anilines is 1. The van der Waals surface area contributed by atoms with Gasteiger partial charge in [-0.15, -0.1) is 0 Å². The smallest absolute Gasteiger partial charge is 0.262 e. The number of likely N-dealkylation sites (tertiary alicyclic amines) is 1. The van der Waals surface area contributed by atoms with Crippen molar-refractivity contribution in [1.29, 1.82) is 0 Å². The van der Waals surface area contributed by atoms with Crippen molar-refractivity contribution in [2.24, 2.45) is 0 Å². The Morgan fingerprint density at radius 3 is 2.68 bits per heavy atom. The zero-order valence-electron chi connectivity index (χ0n) is 17.1. The largest absolute Gasteiger partial charge is 0.351 e. The third kappa shape index (κ3) is 3.66. The van der Waals surface area contributed by atoms with Crippen molar-refractivity contribution in [3.8, 4) is 11.1 Å². The van der Waals surface area contributed by atoms with Crippen LogP contribution in [-0.4, -0.2) is 50.4 Å². The Morgan fingerprint density at radius 1 is 1.03 bits per heavy atom. The van der Waals surface area contributed by atoms with Crippen LogP contribution in [0, 0.1) is 0 Å². The molecule has 2 aliphatic rings. The van der Waals surface area contributed by atoms with Crippen molar-refractivity contribution < 1.29 is 13.2 Å². The van der Waals surface area contributed by atoms with Crippen LogP contribution < -0.4 is 10.0 Å². The van der Waals surface area contributed by atoms with E-state index in [9.17, 15) is 13.2 Å². The number of amides is 1. The van der Waals surface area contributed by atoms with Crippen LogP contribution in [0.15, 0.2) is 53.6 Å². The van der Waals surface area contributed by atoms with E-state index in [4.69, 9.17) is 0 Å². The van der Waals surface area contributed by atoms with Crippen molar-refractivity contribution in [2.45, 2.75) is 24.2 Å². The number of nitrogens with zero attached hydrogens (tertiary/aromatic N) is 2. The number of aromatic nitrogens is 1. The van der Waals surface area contributed by atoms with Gasteiger partial charge in [0.15, 0.2) is 0 Å². The lowest BCUT2D eigenvalue weighted by atomic mass is 9.99. The number of fused-ring (bicyclic) bond motifs is 5. The number of pyridine rings is 1. The molecular formula is C23H24N4O3S. The highest BCUT2D eigenvalue weighted by Gasteiger charge is 2.29. The summed E-state index contributed by atoms with van der Waals surface area (Å²) in [5.74, 6) is -0.177. The molecule has 0 radical (unpaired) electrons. The summed E-state index contributed by atoms with van der Waals surface area (Å²) in [6.07, 6.45) is 5.27. The number of nitrogens with one attached hydrogen (secondary N) is 2. The first kappa shape index (κ1) is 20.0. The fourth-order valence-electron chi connectivity index (χ4n) is 4.46.